The molecule has 2 heterocycles. The van der Waals surface area contributed by atoms with Gasteiger partial charge in [0.1, 0.15) is 11.5 Å². The first-order valence-corrected chi connectivity index (χ1v) is 12.8. The molecular weight excluding hydrogens is 462 g/mol. The van der Waals surface area contributed by atoms with Crippen molar-refractivity contribution in [3.63, 3.8) is 0 Å². The van der Waals surface area contributed by atoms with Crippen LogP contribution >= 0.6 is 0 Å². The first-order chi connectivity index (χ1) is 18.0. The molecular formula is C31H33N3O3. The van der Waals surface area contributed by atoms with Gasteiger partial charge in [0.25, 0.3) is 5.91 Å². The zero-order chi connectivity index (χ0) is 25.9. The summed E-state index contributed by atoms with van der Waals surface area (Å²) in [5.41, 5.74) is 5.65. The number of anilines is 1. The molecule has 1 aromatic heterocycles. The third-order valence-electron chi connectivity index (χ3n) is 6.93. The number of benzene rings is 3. The molecule has 5 rings (SSSR count). The van der Waals surface area contributed by atoms with E-state index in [0.29, 0.717) is 25.3 Å². The summed E-state index contributed by atoms with van der Waals surface area (Å²) >= 11 is 0. The quantitative estimate of drug-likeness (QED) is 0.330. The van der Waals surface area contributed by atoms with Gasteiger partial charge in [0.2, 0.25) is 0 Å². The third kappa shape index (κ3) is 5.10. The van der Waals surface area contributed by atoms with Crippen LogP contribution in [0, 0.1) is 6.92 Å². The number of pyridine rings is 1. The molecule has 1 aliphatic rings. The van der Waals surface area contributed by atoms with Crippen molar-refractivity contribution >= 4 is 22.5 Å². The number of rotatable bonds is 6. The Morgan fingerprint density at radius 1 is 1.03 bits per heavy atom. The van der Waals surface area contributed by atoms with Crippen LogP contribution in [-0.4, -0.2) is 55.2 Å². The first-order valence-electron chi connectivity index (χ1n) is 12.8. The van der Waals surface area contributed by atoms with Crippen molar-refractivity contribution in [1.29, 1.82) is 0 Å². The van der Waals surface area contributed by atoms with Crippen molar-refractivity contribution in [3.8, 4) is 22.8 Å². The number of aryl methyl sites for hydroxylation is 1. The maximum Gasteiger partial charge on any atom is 0.254 e. The molecule has 37 heavy (non-hydrogen) atoms. The van der Waals surface area contributed by atoms with E-state index in [9.17, 15) is 4.79 Å². The summed E-state index contributed by atoms with van der Waals surface area (Å²) in [5, 5.41) is 0.839. The highest BCUT2D eigenvalue weighted by Crippen LogP contribution is 2.32. The minimum Gasteiger partial charge on any atom is -0.497 e. The Balaban J connectivity index is 1.41. The van der Waals surface area contributed by atoms with E-state index in [4.69, 9.17) is 14.5 Å². The number of hydrogen-bond donors (Lipinski definition) is 0. The van der Waals surface area contributed by atoms with E-state index in [1.807, 2.05) is 60.4 Å². The van der Waals surface area contributed by atoms with E-state index in [1.54, 1.807) is 7.11 Å². The molecule has 4 aromatic rings. The molecule has 1 saturated heterocycles. The van der Waals surface area contributed by atoms with E-state index in [0.717, 1.165) is 40.2 Å². The Morgan fingerprint density at radius 2 is 1.86 bits per heavy atom. The highest BCUT2D eigenvalue weighted by Gasteiger charge is 2.28. The van der Waals surface area contributed by atoms with Gasteiger partial charge in [-0.3, -0.25) is 4.79 Å². The maximum absolute atomic E-state index is 13.5. The van der Waals surface area contributed by atoms with Crippen molar-refractivity contribution < 1.29 is 14.3 Å². The number of carbonyl (C=O) groups is 1. The van der Waals surface area contributed by atoms with Gasteiger partial charge in [-0.2, -0.15) is 0 Å². The van der Waals surface area contributed by atoms with Gasteiger partial charge >= 0.3 is 0 Å². The van der Waals surface area contributed by atoms with Gasteiger partial charge in [0.15, 0.2) is 0 Å². The van der Waals surface area contributed by atoms with Crippen LogP contribution in [-0.2, 0) is 0 Å². The first kappa shape index (κ1) is 24.6. The molecule has 3 aromatic carbocycles. The molecule has 0 N–H and O–H groups in total. The predicted octanol–water partition coefficient (Wildman–Crippen LogP) is 5.97. The van der Waals surface area contributed by atoms with E-state index in [-0.39, 0.29) is 11.9 Å². The SMILES string of the molecule is CCOc1cc(-c2cccc(OC)c2)nc2ccc(C(=O)N3CCN(c4cccc(C)c4)C(C)C3)cc12. The zero-order valence-electron chi connectivity index (χ0n) is 21.9. The summed E-state index contributed by atoms with van der Waals surface area (Å²) in [6.07, 6.45) is 0. The second kappa shape index (κ2) is 10.5. The molecule has 1 atom stereocenters. The summed E-state index contributed by atoms with van der Waals surface area (Å²) in [6, 6.07) is 24.3. The fourth-order valence-electron chi connectivity index (χ4n) is 5.05. The van der Waals surface area contributed by atoms with Crippen molar-refractivity contribution in [2.75, 3.05) is 38.3 Å². The second-order valence-electron chi connectivity index (χ2n) is 9.54. The highest BCUT2D eigenvalue weighted by molar-refractivity contribution is 6.00. The Kier molecular flexibility index (Phi) is 6.99. The van der Waals surface area contributed by atoms with Crippen LogP contribution < -0.4 is 14.4 Å². The molecule has 0 bridgehead atoms. The van der Waals surface area contributed by atoms with E-state index < -0.39 is 0 Å². The van der Waals surface area contributed by atoms with Crippen LogP contribution in [0.5, 0.6) is 11.5 Å². The van der Waals surface area contributed by atoms with Crippen molar-refractivity contribution in [2.24, 2.45) is 0 Å². The number of fused-ring (bicyclic) bond motifs is 1. The van der Waals surface area contributed by atoms with Crippen LogP contribution in [0.1, 0.15) is 29.8 Å². The second-order valence-corrected chi connectivity index (χ2v) is 9.54. The van der Waals surface area contributed by atoms with Gasteiger partial charge in [0.05, 0.1) is 24.9 Å². The topological polar surface area (TPSA) is 54.9 Å². The van der Waals surface area contributed by atoms with Gasteiger partial charge in [-0.1, -0.05) is 24.3 Å². The standard InChI is InChI=1S/C31H33N3O3/c1-5-37-30-19-29(23-9-7-11-26(17-23)36-4)32-28-13-12-24(18-27(28)30)31(35)33-14-15-34(22(3)20-33)25-10-6-8-21(2)16-25/h6-13,16-19,22H,5,14-15,20H2,1-4H3. The molecule has 1 amide bonds. The minimum absolute atomic E-state index is 0.0389. The fourth-order valence-corrected chi connectivity index (χ4v) is 5.05. The van der Waals surface area contributed by atoms with Gasteiger partial charge in [-0.25, -0.2) is 4.98 Å². The summed E-state index contributed by atoms with van der Waals surface area (Å²) in [5.74, 6) is 1.53. The van der Waals surface area contributed by atoms with Crippen LogP contribution in [0.2, 0.25) is 0 Å². The van der Waals surface area contributed by atoms with E-state index in [1.165, 1.54) is 11.3 Å². The molecule has 0 aliphatic carbocycles. The number of piperazine rings is 1. The van der Waals surface area contributed by atoms with E-state index >= 15 is 0 Å². The van der Waals surface area contributed by atoms with Crippen LogP contribution in [0.3, 0.4) is 0 Å². The average molecular weight is 496 g/mol. The lowest BCUT2D eigenvalue weighted by atomic mass is 10.0. The number of aromatic nitrogens is 1. The summed E-state index contributed by atoms with van der Waals surface area (Å²) in [7, 11) is 1.65. The maximum atomic E-state index is 13.5. The average Bonchev–Trinajstić information content (AvgIpc) is 2.92. The van der Waals surface area contributed by atoms with E-state index in [2.05, 4.69) is 43.0 Å². The third-order valence-corrected chi connectivity index (χ3v) is 6.93. The van der Waals surface area contributed by atoms with Crippen molar-refractivity contribution in [1.82, 2.24) is 9.88 Å². The van der Waals surface area contributed by atoms with Crippen LogP contribution in [0.15, 0.2) is 72.8 Å². The van der Waals surface area contributed by atoms with Gasteiger partial charge in [-0.05, 0) is 68.8 Å². The number of ether oxygens (including phenoxy) is 2. The summed E-state index contributed by atoms with van der Waals surface area (Å²) in [6.45, 7) is 8.93. The number of hydrogen-bond acceptors (Lipinski definition) is 5. The lowest BCUT2D eigenvalue weighted by molar-refractivity contribution is 0.0726. The fraction of sp³-hybridized carbons (Fsp3) is 0.290. The monoisotopic (exact) mass is 495 g/mol. The molecule has 1 aliphatic heterocycles. The molecule has 6 nitrogen and oxygen atoms in total. The Bertz CT molecular complexity index is 1430. The lowest BCUT2D eigenvalue weighted by Crippen LogP contribution is -2.53. The summed E-state index contributed by atoms with van der Waals surface area (Å²) < 4.78 is 11.4. The number of amides is 1. The minimum atomic E-state index is 0.0389. The van der Waals surface area contributed by atoms with Crippen molar-refractivity contribution in [3.05, 3.63) is 83.9 Å². The summed E-state index contributed by atoms with van der Waals surface area (Å²) in [4.78, 5) is 22.8. The molecule has 0 spiro atoms. The van der Waals surface area contributed by atoms with Crippen LogP contribution in [0.4, 0.5) is 5.69 Å². The normalized spacial score (nSPS) is 15.6. The molecule has 190 valence electrons. The van der Waals surface area contributed by atoms with Gasteiger partial charge in [0, 0.05) is 53.9 Å². The zero-order valence-corrected chi connectivity index (χ0v) is 21.9. The smallest absolute Gasteiger partial charge is 0.254 e. The number of methoxy groups -OCH3 is 1. The largest absolute Gasteiger partial charge is 0.497 e. The molecule has 6 heteroatoms. The highest BCUT2D eigenvalue weighted by atomic mass is 16.5. The van der Waals surface area contributed by atoms with Gasteiger partial charge < -0.3 is 19.3 Å². The Morgan fingerprint density at radius 3 is 2.62 bits per heavy atom. The molecule has 1 fully saturated rings. The number of carbonyl (C=O) groups excluding carboxylic acids is 1. The predicted molar refractivity (Wildman–Crippen MR) is 149 cm³/mol. The molecule has 0 saturated carbocycles. The van der Waals surface area contributed by atoms with Gasteiger partial charge in [-0.15, -0.1) is 0 Å². The molecule has 1 unspecified atom stereocenters. The molecule has 0 radical (unpaired) electrons. The number of nitrogens with zero attached hydrogens (tertiary/aromatic N) is 3. The Hall–Kier alpha value is -4.06. The van der Waals surface area contributed by atoms with Crippen molar-refractivity contribution in [2.45, 2.75) is 26.8 Å². The lowest BCUT2D eigenvalue weighted by Gasteiger charge is -2.41. The van der Waals surface area contributed by atoms with Crippen LogP contribution in [0.25, 0.3) is 22.2 Å². The Labute approximate surface area is 218 Å².